The summed E-state index contributed by atoms with van der Waals surface area (Å²) in [5.74, 6) is 5.69. The number of amidine groups is 1. The Hall–Kier alpha value is -2.68. The van der Waals surface area contributed by atoms with Gasteiger partial charge in [0.1, 0.15) is 10.7 Å². The molecule has 0 amide bonds. The zero-order chi connectivity index (χ0) is 20.5. The molecule has 11 nitrogen and oxygen atoms in total. The van der Waals surface area contributed by atoms with Gasteiger partial charge >= 0.3 is 0 Å². The second-order valence-corrected chi connectivity index (χ2v) is 7.90. The number of aromatic amines is 1. The normalized spacial score (nSPS) is 12.5. The third-order valence-electron chi connectivity index (χ3n) is 4.01. The van der Waals surface area contributed by atoms with E-state index in [0.717, 1.165) is 23.0 Å². The van der Waals surface area contributed by atoms with Crippen LogP contribution in [0.5, 0.6) is 0 Å². The molecule has 3 aromatic rings. The van der Waals surface area contributed by atoms with Crippen LogP contribution < -0.4 is 33.1 Å². The van der Waals surface area contributed by atoms with Crippen molar-refractivity contribution in [3.8, 4) is 11.1 Å². The van der Waals surface area contributed by atoms with Gasteiger partial charge in [0.25, 0.3) is 0 Å². The van der Waals surface area contributed by atoms with Crippen molar-refractivity contribution >= 4 is 38.8 Å². The Morgan fingerprint density at radius 3 is 2.64 bits per heavy atom. The fraction of sp³-hybridized carbons (Fsp3) is 0.0667. The van der Waals surface area contributed by atoms with E-state index in [2.05, 4.69) is 20.6 Å². The van der Waals surface area contributed by atoms with E-state index in [0.29, 0.717) is 17.0 Å². The van der Waals surface area contributed by atoms with Gasteiger partial charge in [-0.05, 0) is 41.3 Å². The zero-order valence-corrected chi connectivity index (χ0v) is 16.1. The first-order chi connectivity index (χ1) is 13.3. The van der Waals surface area contributed by atoms with E-state index >= 15 is 0 Å². The van der Waals surface area contributed by atoms with Crippen molar-refractivity contribution in [3.05, 3.63) is 41.7 Å². The lowest BCUT2D eigenvalue weighted by atomic mass is 9.98. The Labute approximate surface area is 164 Å². The van der Waals surface area contributed by atoms with Gasteiger partial charge in [-0.1, -0.05) is 12.1 Å². The molecule has 3 rings (SSSR count). The first-order valence-corrected chi connectivity index (χ1v) is 10.3. The molecule has 0 aliphatic carbocycles. The number of hydrazone groups is 1. The van der Waals surface area contributed by atoms with Gasteiger partial charge in [-0.3, -0.25) is 5.14 Å². The summed E-state index contributed by atoms with van der Waals surface area (Å²) in [5.41, 5.74) is 16.4. The SMILES string of the molecule is NCc1nc2ccc(-c3ccc(SN)c(S(N)(=O)=O)c3/C(N)=N/NN)cc2[nH]1. The largest absolute Gasteiger partial charge is 0.382 e. The van der Waals surface area contributed by atoms with Crippen molar-refractivity contribution in [1.82, 2.24) is 15.5 Å². The molecule has 13 heteroatoms. The smallest absolute Gasteiger partial charge is 0.239 e. The molecule has 0 bridgehead atoms. The average molecular weight is 422 g/mol. The molecular weight excluding hydrogens is 402 g/mol. The molecular formula is C15H19N9O2S2. The number of imidazole rings is 1. The van der Waals surface area contributed by atoms with Crippen LogP contribution in [-0.4, -0.2) is 24.2 Å². The summed E-state index contributed by atoms with van der Waals surface area (Å²) in [6.45, 7) is 0.259. The summed E-state index contributed by atoms with van der Waals surface area (Å²) in [6, 6.07) is 8.58. The van der Waals surface area contributed by atoms with E-state index in [1.54, 1.807) is 30.3 Å². The molecule has 0 atom stereocenters. The first kappa shape index (κ1) is 20.1. The summed E-state index contributed by atoms with van der Waals surface area (Å²) < 4.78 is 24.6. The van der Waals surface area contributed by atoms with Gasteiger partial charge < -0.3 is 16.5 Å². The number of benzene rings is 2. The van der Waals surface area contributed by atoms with Gasteiger partial charge in [0.2, 0.25) is 10.0 Å². The third kappa shape index (κ3) is 3.66. The van der Waals surface area contributed by atoms with Crippen molar-refractivity contribution in [2.24, 2.45) is 32.7 Å². The lowest BCUT2D eigenvalue weighted by molar-refractivity contribution is 0.595. The minimum absolute atomic E-state index is 0.0915. The third-order valence-corrected chi connectivity index (χ3v) is 5.73. The van der Waals surface area contributed by atoms with Crippen LogP contribution in [0.25, 0.3) is 22.2 Å². The highest BCUT2D eigenvalue weighted by Gasteiger charge is 2.25. The Bertz CT molecular complexity index is 1170. The first-order valence-electron chi connectivity index (χ1n) is 7.85. The number of H-pyrrole nitrogens is 1. The molecule has 0 radical (unpaired) electrons. The van der Waals surface area contributed by atoms with Crippen molar-refractivity contribution in [3.63, 3.8) is 0 Å². The van der Waals surface area contributed by atoms with Gasteiger partial charge in [-0.15, -0.1) is 5.10 Å². The molecule has 0 spiro atoms. The Balaban J connectivity index is 2.36. The number of hydrogen-bond acceptors (Lipinski definition) is 9. The molecule has 0 saturated heterocycles. The highest BCUT2D eigenvalue weighted by Crippen LogP contribution is 2.35. The van der Waals surface area contributed by atoms with Crippen molar-refractivity contribution in [1.29, 1.82) is 0 Å². The average Bonchev–Trinajstić information content (AvgIpc) is 3.08. The molecule has 28 heavy (non-hydrogen) atoms. The second kappa shape index (κ2) is 7.75. The van der Waals surface area contributed by atoms with Crippen LogP contribution in [0.15, 0.2) is 45.2 Å². The summed E-state index contributed by atoms with van der Waals surface area (Å²) in [6.07, 6.45) is 0. The quantitative estimate of drug-likeness (QED) is 0.0885. The molecule has 2 aromatic carbocycles. The number of sulfonamides is 1. The molecule has 0 aliphatic rings. The molecule has 0 unspecified atom stereocenters. The van der Waals surface area contributed by atoms with E-state index in [1.807, 2.05) is 0 Å². The number of hydrazine groups is 1. The Kier molecular flexibility index (Phi) is 5.55. The predicted octanol–water partition coefficient (Wildman–Crippen LogP) is -0.615. The van der Waals surface area contributed by atoms with Crippen LogP contribution in [0.1, 0.15) is 11.4 Å². The van der Waals surface area contributed by atoms with Crippen LogP contribution >= 0.6 is 11.9 Å². The number of fused-ring (bicyclic) bond motifs is 1. The molecule has 1 aromatic heterocycles. The zero-order valence-electron chi connectivity index (χ0n) is 14.5. The van der Waals surface area contributed by atoms with E-state index in [1.165, 1.54) is 0 Å². The monoisotopic (exact) mass is 421 g/mol. The van der Waals surface area contributed by atoms with Crippen LogP contribution in [0.4, 0.5) is 0 Å². The standard InChI is InChI=1S/C15H19N9O2S2/c16-6-12-21-9-3-1-7(5-10(9)22-12)8-2-4-11(27-19)14(28(20,25)26)13(8)15(17)23-24-18/h1-5,24H,6,16,18-19H2,(H2,17,23)(H,21,22)(H2,20,25,26). The number of hydrogen-bond donors (Lipinski definition) is 7. The second-order valence-electron chi connectivity index (χ2n) is 5.72. The van der Waals surface area contributed by atoms with Crippen LogP contribution in [0.3, 0.4) is 0 Å². The number of nitrogens with zero attached hydrogens (tertiary/aromatic N) is 2. The summed E-state index contributed by atoms with van der Waals surface area (Å²) >= 11 is 0.733. The number of rotatable bonds is 6. The van der Waals surface area contributed by atoms with Gasteiger partial charge in [0, 0.05) is 10.5 Å². The van der Waals surface area contributed by atoms with Crippen LogP contribution in [-0.2, 0) is 16.6 Å². The van der Waals surface area contributed by atoms with Gasteiger partial charge in [0.15, 0.2) is 5.84 Å². The van der Waals surface area contributed by atoms with E-state index in [9.17, 15) is 8.42 Å². The highest BCUT2D eigenvalue weighted by molar-refractivity contribution is 7.98. The maximum absolute atomic E-state index is 12.3. The fourth-order valence-electron chi connectivity index (χ4n) is 2.89. The predicted molar refractivity (Wildman–Crippen MR) is 109 cm³/mol. The highest BCUT2D eigenvalue weighted by atomic mass is 32.2. The Morgan fingerprint density at radius 1 is 1.29 bits per heavy atom. The lowest BCUT2D eigenvalue weighted by Crippen LogP contribution is -2.27. The van der Waals surface area contributed by atoms with E-state index in [4.69, 9.17) is 27.6 Å². The summed E-state index contributed by atoms with van der Waals surface area (Å²) in [5, 5.41) is 14.8. The molecule has 0 aliphatic heterocycles. The summed E-state index contributed by atoms with van der Waals surface area (Å²) in [7, 11) is -4.18. The molecule has 0 saturated carbocycles. The maximum Gasteiger partial charge on any atom is 0.239 e. The molecule has 0 fully saturated rings. The topological polar surface area (TPSA) is 217 Å². The van der Waals surface area contributed by atoms with Crippen molar-refractivity contribution in [2.75, 3.05) is 0 Å². The van der Waals surface area contributed by atoms with Gasteiger partial charge in [-0.25, -0.2) is 29.9 Å². The molecule has 1 heterocycles. The van der Waals surface area contributed by atoms with E-state index in [-0.39, 0.29) is 27.7 Å². The lowest BCUT2D eigenvalue weighted by Gasteiger charge is -2.16. The Morgan fingerprint density at radius 2 is 2.04 bits per heavy atom. The maximum atomic E-state index is 12.3. The minimum Gasteiger partial charge on any atom is -0.382 e. The molecule has 12 N–H and O–H groups in total. The number of aromatic nitrogens is 2. The molecule has 148 valence electrons. The van der Waals surface area contributed by atoms with Crippen LogP contribution in [0, 0.1) is 0 Å². The minimum atomic E-state index is -4.18. The van der Waals surface area contributed by atoms with E-state index < -0.39 is 10.0 Å². The van der Waals surface area contributed by atoms with Crippen molar-refractivity contribution in [2.45, 2.75) is 16.3 Å². The van der Waals surface area contributed by atoms with Crippen LogP contribution in [0.2, 0.25) is 0 Å². The number of nitrogens with two attached hydrogens (primary N) is 5. The van der Waals surface area contributed by atoms with Gasteiger partial charge in [-0.2, -0.15) is 0 Å². The number of nitrogens with one attached hydrogen (secondary N) is 2. The number of primary sulfonamides is 1. The summed E-state index contributed by atoms with van der Waals surface area (Å²) in [4.78, 5) is 7.44. The van der Waals surface area contributed by atoms with Crippen molar-refractivity contribution < 1.29 is 8.42 Å². The fourth-order valence-corrected chi connectivity index (χ4v) is 4.58. The van der Waals surface area contributed by atoms with Gasteiger partial charge in [0.05, 0.1) is 17.6 Å².